The fraction of sp³-hybridized carbons (Fsp3) is 0.476. The van der Waals surface area contributed by atoms with E-state index in [1.165, 1.54) is 34.1 Å². The number of urea groups is 1. The highest BCUT2D eigenvalue weighted by atomic mass is 79.9. The van der Waals surface area contributed by atoms with Crippen LogP contribution < -0.4 is 10.2 Å². The van der Waals surface area contributed by atoms with Crippen LogP contribution in [-0.4, -0.2) is 34.4 Å². The van der Waals surface area contributed by atoms with Crippen LogP contribution in [0.2, 0.25) is 0 Å². The second-order valence-corrected chi connectivity index (χ2v) is 11.0. The number of anilines is 2. The van der Waals surface area contributed by atoms with Crippen LogP contribution in [0.3, 0.4) is 0 Å². The Balaban J connectivity index is 1.74. The minimum atomic E-state index is -0.847. The SMILES string of the molecule is Cc1cc(N(CC2CCCC2)C(=O)Nc2ncc(SCC(C)C(=O)O)s2)c(F)cc1Br. The lowest BCUT2D eigenvalue weighted by molar-refractivity contribution is -0.140. The third-order valence-corrected chi connectivity index (χ3v) is 8.50. The molecule has 1 heterocycles. The van der Waals surface area contributed by atoms with E-state index >= 15 is 0 Å². The molecule has 10 heteroatoms. The van der Waals surface area contributed by atoms with Crippen LogP contribution in [0.4, 0.5) is 20.0 Å². The number of nitrogens with one attached hydrogen (secondary N) is 1. The van der Waals surface area contributed by atoms with Gasteiger partial charge in [0.15, 0.2) is 5.13 Å². The van der Waals surface area contributed by atoms with Gasteiger partial charge in [0, 0.05) is 16.8 Å². The fourth-order valence-corrected chi connectivity index (χ4v) is 5.63. The molecule has 168 valence electrons. The zero-order chi connectivity index (χ0) is 22.5. The van der Waals surface area contributed by atoms with Crippen LogP contribution in [0.15, 0.2) is 27.0 Å². The van der Waals surface area contributed by atoms with E-state index in [2.05, 4.69) is 26.2 Å². The Kier molecular flexibility index (Phi) is 8.35. The highest BCUT2D eigenvalue weighted by Crippen LogP contribution is 2.33. The van der Waals surface area contributed by atoms with Gasteiger partial charge in [-0.25, -0.2) is 14.2 Å². The van der Waals surface area contributed by atoms with Crippen LogP contribution in [-0.2, 0) is 4.79 Å². The number of halogens is 2. The summed E-state index contributed by atoms with van der Waals surface area (Å²) in [6.45, 7) is 3.96. The Morgan fingerprint density at radius 2 is 2.13 bits per heavy atom. The summed E-state index contributed by atoms with van der Waals surface area (Å²) in [7, 11) is 0. The molecule has 1 aliphatic rings. The number of aryl methyl sites for hydroxylation is 1. The molecule has 2 N–H and O–H groups in total. The lowest BCUT2D eigenvalue weighted by atomic mass is 10.1. The van der Waals surface area contributed by atoms with E-state index < -0.39 is 23.7 Å². The lowest BCUT2D eigenvalue weighted by Crippen LogP contribution is -2.39. The highest BCUT2D eigenvalue weighted by molar-refractivity contribution is 9.10. The van der Waals surface area contributed by atoms with Crippen LogP contribution in [0.1, 0.15) is 38.2 Å². The summed E-state index contributed by atoms with van der Waals surface area (Å²) in [4.78, 5) is 29.8. The Morgan fingerprint density at radius 1 is 1.42 bits per heavy atom. The Morgan fingerprint density at radius 3 is 2.81 bits per heavy atom. The molecule has 0 bridgehead atoms. The van der Waals surface area contributed by atoms with E-state index in [9.17, 15) is 14.0 Å². The van der Waals surface area contributed by atoms with Crippen LogP contribution >= 0.6 is 39.0 Å². The van der Waals surface area contributed by atoms with E-state index in [0.29, 0.717) is 27.8 Å². The molecular weight excluding hydrogens is 505 g/mol. The molecule has 31 heavy (non-hydrogen) atoms. The average Bonchev–Trinajstić information content (AvgIpc) is 3.39. The first-order valence-corrected chi connectivity index (χ1v) is 12.7. The molecule has 1 saturated carbocycles. The predicted octanol–water partition coefficient (Wildman–Crippen LogP) is 6.39. The van der Waals surface area contributed by atoms with Gasteiger partial charge in [-0.05, 0) is 43.4 Å². The zero-order valence-electron chi connectivity index (χ0n) is 17.4. The first kappa shape index (κ1) is 24.0. The molecule has 2 aromatic rings. The van der Waals surface area contributed by atoms with E-state index in [-0.39, 0.29) is 5.69 Å². The molecule has 1 aliphatic carbocycles. The topological polar surface area (TPSA) is 82.5 Å². The largest absolute Gasteiger partial charge is 0.481 e. The third kappa shape index (κ3) is 6.43. The van der Waals surface area contributed by atoms with E-state index in [1.807, 2.05) is 6.92 Å². The molecule has 2 amide bonds. The average molecular weight is 530 g/mol. The number of nitrogens with zero attached hydrogens (tertiary/aromatic N) is 2. The second kappa shape index (κ2) is 10.8. The molecule has 3 rings (SSSR count). The summed E-state index contributed by atoms with van der Waals surface area (Å²) in [5.74, 6) is -1.02. The summed E-state index contributed by atoms with van der Waals surface area (Å²) < 4.78 is 16.3. The van der Waals surface area contributed by atoms with Gasteiger partial charge in [-0.3, -0.25) is 15.0 Å². The summed E-state index contributed by atoms with van der Waals surface area (Å²) in [6.07, 6.45) is 5.93. The van der Waals surface area contributed by atoms with Crippen molar-refractivity contribution in [3.63, 3.8) is 0 Å². The number of aromatic nitrogens is 1. The quantitative estimate of drug-likeness (QED) is 0.387. The van der Waals surface area contributed by atoms with E-state index in [4.69, 9.17) is 5.11 Å². The monoisotopic (exact) mass is 529 g/mol. The Bertz CT molecular complexity index is 950. The molecule has 0 saturated heterocycles. The third-order valence-electron chi connectivity index (χ3n) is 5.28. The molecule has 1 aromatic carbocycles. The zero-order valence-corrected chi connectivity index (χ0v) is 20.6. The number of hydrogen-bond acceptors (Lipinski definition) is 5. The number of rotatable bonds is 8. The number of thiazole rings is 1. The second-order valence-electron chi connectivity index (χ2n) is 7.78. The first-order valence-electron chi connectivity index (χ1n) is 10.1. The van der Waals surface area contributed by atoms with Crippen molar-refractivity contribution in [3.05, 3.63) is 34.2 Å². The normalized spacial score (nSPS) is 15.1. The summed E-state index contributed by atoms with van der Waals surface area (Å²) in [5, 5.41) is 12.2. The Hall–Kier alpha value is -1.65. The first-order chi connectivity index (χ1) is 14.7. The molecule has 1 fully saturated rings. The number of aliphatic carboxylic acids is 1. The molecule has 1 atom stereocenters. The van der Waals surface area contributed by atoms with Crippen LogP contribution in [0, 0.1) is 24.6 Å². The Labute approximate surface area is 197 Å². The maximum Gasteiger partial charge on any atom is 0.328 e. The molecular formula is C21H25BrFN3O3S2. The number of amides is 2. The van der Waals surface area contributed by atoms with Crippen molar-refractivity contribution in [2.45, 2.75) is 43.7 Å². The smallest absolute Gasteiger partial charge is 0.328 e. The number of carbonyl (C=O) groups is 2. The maximum absolute atomic E-state index is 14.8. The van der Waals surface area contributed by atoms with Crippen molar-refractivity contribution in [3.8, 4) is 0 Å². The van der Waals surface area contributed by atoms with Gasteiger partial charge in [0.25, 0.3) is 0 Å². The van der Waals surface area contributed by atoms with Crippen LogP contribution in [0.5, 0.6) is 0 Å². The number of carbonyl (C=O) groups excluding carboxylic acids is 1. The van der Waals surface area contributed by atoms with Crippen molar-refractivity contribution in [2.75, 3.05) is 22.5 Å². The molecule has 1 unspecified atom stereocenters. The summed E-state index contributed by atoms with van der Waals surface area (Å²) >= 11 is 6.00. The van der Waals surface area contributed by atoms with Gasteiger partial charge in [0.2, 0.25) is 0 Å². The predicted molar refractivity (Wildman–Crippen MR) is 127 cm³/mol. The van der Waals surface area contributed by atoms with Gasteiger partial charge in [0.1, 0.15) is 5.82 Å². The molecule has 0 aliphatic heterocycles. The van der Waals surface area contributed by atoms with Crippen LogP contribution in [0.25, 0.3) is 0 Å². The van der Waals surface area contributed by atoms with Gasteiger partial charge in [-0.1, -0.05) is 47.0 Å². The number of carboxylic acids is 1. The van der Waals surface area contributed by atoms with Crippen molar-refractivity contribution in [1.82, 2.24) is 4.98 Å². The van der Waals surface area contributed by atoms with Gasteiger partial charge in [-0.2, -0.15) is 0 Å². The minimum absolute atomic E-state index is 0.256. The number of hydrogen-bond donors (Lipinski definition) is 2. The minimum Gasteiger partial charge on any atom is -0.481 e. The molecule has 0 radical (unpaired) electrons. The van der Waals surface area contributed by atoms with Gasteiger partial charge in [-0.15, -0.1) is 11.8 Å². The molecule has 6 nitrogen and oxygen atoms in total. The van der Waals surface area contributed by atoms with Crippen molar-refractivity contribution < 1.29 is 19.1 Å². The highest BCUT2D eigenvalue weighted by Gasteiger charge is 2.26. The van der Waals surface area contributed by atoms with Crippen molar-refractivity contribution in [2.24, 2.45) is 11.8 Å². The fourth-order valence-electron chi connectivity index (χ4n) is 3.41. The standard InChI is InChI=1S/C21H25BrFN3O3S2/c1-12-7-17(16(23)8-15(12)22)26(10-14-5-3-4-6-14)21(29)25-20-24-9-18(31-20)30-11-13(2)19(27)28/h7-9,13-14H,3-6,10-11H2,1-2H3,(H,27,28)(H,24,25,29). The van der Waals surface area contributed by atoms with Gasteiger partial charge < -0.3 is 5.11 Å². The van der Waals surface area contributed by atoms with E-state index in [0.717, 1.165) is 35.5 Å². The van der Waals surface area contributed by atoms with Crippen molar-refractivity contribution >= 4 is 61.8 Å². The lowest BCUT2D eigenvalue weighted by Gasteiger charge is -2.26. The maximum atomic E-state index is 14.8. The molecule has 1 aromatic heterocycles. The number of carboxylic acid groups (broad SMARTS) is 1. The summed E-state index contributed by atoms with van der Waals surface area (Å²) in [5.41, 5.74) is 1.10. The summed E-state index contributed by atoms with van der Waals surface area (Å²) in [6, 6.07) is 2.66. The number of benzene rings is 1. The van der Waals surface area contributed by atoms with Crippen molar-refractivity contribution in [1.29, 1.82) is 0 Å². The van der Waals surface area contributed by atoms with Gasteiger partial charge in [0.05, 0.1) is 22.0 Å². The van der Waals surface area contributed by atoms with Gasteiger partial charge >= 0.3 is 12.0 Å². The van der Waals surface area contributed by atoms with E-state index in [1.54, 1.807) is 19.2 Å². The number of thioether (sulfide) groups is 1. The molecule has 0 spiro atoms.